The normalized spacial score (nSPS) is 10.3. The van der Waals surface area contributed by atoms with Gasteiger partial charge in [-0.2, -0.15) is 9.97 Å². The number of nitrogens with two attached hydrogens (primary N) is 1. The van der Waals surface area contributed by atoms with Crippen LogP contribution in [0.4, 0.5) is 10.2 Å². The van der Waals surface area contributed by atoms with E-state index in [-0.39, 0.29) is 17.6 Å². The second-order valence-corrected chi connectivity index (χ2v) is 4.20. The van der Waals surface area contributed by atoms with Crippen LogP contribution >= 0.6 is 15.9 Å². The van der Waals surface area contributed by atoms with Crippen molar-refractivity contribution in [3.05, 3.63) is 40.2 Å². The van der Waals surface area contributed by atoms with Crippen LogP contribution in [0.1, 0.15) is 5.56 Å². The Morgan fingerprint density at radius 3 is 2.82 bits per heavy atom. The number of benzene rings is 1. The van der Waals surface area contributed by atoms with E-state index in [4.69, 9.17) is 10.5 Å². The lowest BCUT2D eigenvalue weighted by Crippen LogP contribution is -1.98. The van der Waals surface area contributed by atoms with Crippen LogP contribution in [0.3, 0.4) is 0 Å². The molecule has 1 aromatic carbocycles. The van der Waals surface area contributed by atoms with Gasteiger partial charge in [-0.25, -0.2) is 4.39 Å². The van der Waals surface area contributed by atoms with Crippen molar-refractivity contribution in [2.24, 2.45) is 0 Å². The molecule has 0 bridgehead atoms. The van der Waals surface area contributed by atoms with E-state index < -0.39 is 5.82 Å². The van der Waals surface area contributed by atoms with Crippen molar-refractivity contribution in [2.45, 2.75) is 6.92 Å². The standard InChI is InChI=1S/C11H9BrFN3O/c1-6-3-2-4-7(10(6)13)17-11-15-8(12)5-9(14)16-11/h2-5H,1H3,(H2,14,15,16). The van der Waals surface area contributed by atoms with Crippen molar-refractivity contribution in [1.82, 2.24) is 9.97 Å². The smallest absolute Gasteiger partial charge is 0.325 e. The molecule has 6 heteroatoms. The van der Waals surface area contributed by atoms with Crippen LogP contribution in [-0.2, 0) is 0 Å². The van der Waals surface area contributed by atoms with Gasteiger partial charge in [0.2, 0.25) is 0 Å². The quantitative estimate of drug-likeness (QED) is 0.866. The molecule has 0 saturated heterocycles. The van der Waals surface area contributed by atoms with Crippen molar-refractivity contribution in [2.75, 3.05) is 5.73 Å². The number of nitrogen functional groups attached to an aromatic ring is 1. The van der Waals surface area contributed by atoms with Crippen LogP contribution in [0.5, 0.6) is 11.8 Å². The van der Waals surface area contributed by atoms with Crippen molar-refractivity contribution in [3.8, 4) is 11.8 Å². The zero-order chi connectivity index (χ0) is 12.4. The molecule has 0 aliphatic carbocycles. The predicted octanol–water partition coefficient (Wildman–Crippen LogP) is 3.06. The van der Waals surface area contributed by atoms with Gasteiger partial charge in [-0.1, -0.05) is 12.1 Å². The number of nitrogens with zero attached hydrogens (tertiary/aromatic N) is 2. The second-order valence-electron chi connectivity index (χ2n) is 3.39. The summed E-state index contributed by atoms with van der Waals surface area (Å²) in [5.41, 5.74) is 6.02. The SMILES string of the molecule is Cc1cccc(Oc2nc(N)cc(Br)n2)c1F. The molecule has 0 aliphatic rings. The lowest BCUT2D eigenvalue weighted by molar-refractivity contribution is 0.409. The number of aromatic nitrogens is 2. The first kappa shape index (κ1) is 11.8. The Hall–Kier alpha value is -1.69. The molecule has 88 valence electrons. The van der Waals surface area contributed by atoms with Crippen molar-refractivity contribution >= 4 is 21.7 Å². The first-order valence-electron chi connectivity index (χ1n) is 4.79. The zero-order valence-corrected chi connectivity index (χ0v) is 10.5. The van der Waals surface area contributed by atoms with Crippen LogP contribution in [0.2, 0.25) is 0 Å². The van der Waals surface area contributed by atoms with Crippen LogP contribution in [0.25, 0.3) is 0 Å². The highest BCUT2D eigenvalue weighted by Gasteiger charge is 2.09. The third-order valence-electron chi connectivity index (χ3n) is 2.05. The number of aryl methyl sites for hydroxylation is 1. The van der Waals surface area contributed by atoms with Gasteiger partial charge in [0.05, 0.1) is 0 Å². The summed E-state index contributed by atoms with van der Waals surface area (Å²) in [6, 6.07) is 6.37. The minimum atomic E-state index is -0.436. The molecular weight excluding hydrogens is 289 g/mol. The molecule has 0 radical (unpaired) electrons. The Morgan fingerprint density at radius 2 is 2.12 bits per heavy atom. The summed E-state index contributed by atoms with van der Waals surface area (Å²) in [4.78, 5) is 7.78. The molecule has 0 amide bonds. The number of anilines is 1. The number of hydrogen-bond donors (Lipinski definition) is 1. The van der Waals surface area contributed by atoms with Crippen LogP contribution in [0.15, 0.2) is 28.9 Å². The van der Waals surface area contributed by atoms with Gasteiger partial charge < -0.3 is 10.5 Å². The van der Waals surface area contributed by atoms with E-state index in [1.54, 1.807) is 19.1 Å². The Labute approximate surface area is 106 Å². The minimum Gasteiger partial charge on any atom is -0.421 e. The molecule has 0 aliphatic heterocycles. The van der Waals surface area contributed by atoms with Gasteiger partial charge >= 0.3 is 6.01 Å². The number of halogens is 2. The van der Waals surface area contributed by atoms with Crippen LogP contribution in [-0.4, -0.2) is 9.97 Å². The molecule has 0 spiro atoms. The molecule has 0 unspecified atom stereocenters. The average Bonchev–Trinajstić information content (AvgIpc) is 2.23. The van der Waals surface area contributed by atoms with E-state index in [1.165, 1.54) is 12.1 Å². The van der Waals surface area contributed by atoms with Gasteiger partial charge in [0.1, 0.15) is 10.4 Å². The van der Waals surface area contributed by atoms with E-state index in [2.05, 4.69) is 25.9 Å². The van der Waals surface area contributed by atoms with E-state index in [0.717, 1.165) is 0 Å². The lowest BCUT2D eigenvalue weighted by atomic mass is 10.2. The number of ether oxygens (including phenoxy) is 1. The van der Waals surface area contributed by atoms with Crippen molar-refractivity contribution in [3.63, 3.8) is 0 Å². The largest absolute Gasteiger partial charge is 0.421 e. The highest BCUT2D eigenvalue weighted by molar-refractivity contribution is 9.10. The molecule has 0 atom stereocenters. The van der Waals surface area contributed by atoms with Crippen molar-refractivity contribution < 1.29 is 9.13 Å². The molecule has 2 N–H and O–H groups in total. The summed E-state index contributed by atoms with van der Waals surface area (Å²) in [6.45, 7) is 1.65. The summed E-state index contributed by atoms with van der Waals surface area (Å²) in [6.07, 6.45) is 0. The Kier molecular flexibility index (Phi) is 3.23. The fraction of sp³-hybridized carbons (Fsp3) is 0.0909. The minimum absolute atomic E-state index is 0.00127. The van der Waals surface area contributed by atoms with Gasteiger partial charge in [-0.15, -0.1) is 0 Å². The molecule has 4 nitrogen and oxygen atoms in total. The maximum Gasteiger partial charge on any atom is 0.325 e. The molecule has 17 heavy (non-hydrogen) atoms. The van der Waals surface area contributed by atoms with E-state index in [9.17, 15) is 4.39 Å². The average molecular weight is 298 g/mol. The fourth-order valence-electron chi connectivity index (χ4n) is 1.26. The third kappa shape index (κ3) is 2.71. The second kappa shape index (κ2) is 4.67. The van der Waals surface area contributed by atoms with Crippen LogP contribution in [0, 0.1) is 12.7 Å². The molecular formula is C11H9BrFN3O. The Bertz CT molecular complexity index is 542. The maximum absolute atomic E-state index is 13.7. The number of rotatable bonds is 2. The predicted molar refractivity (Wildman–Crippen MR) is 65.4 cm³/mol. The summed E-state index contributed by atoms with van der Waals surface area (Å²) in [5, 5.41) is 0. The van der Waals surface area contributed by atoms with Gasteiger partial charge in [0.25, 0.3) is 0 Å². The first-order valence-corrected chi connectivity index (χ1v) is 5.58. The van der Waals surface area contributed by atoms with Gasteiger partial charge in [0, 0.05) is 6.07 Å². The summed E-state index contributed by atoms with van der Waals surface area (Å²) >= 11 is 3.15. The fourth-order valence-corrected chi connectivity index (χ4v) is 1.64. The highest BCUT2D eigenvalue weighted by atomic mass is 79.9. The number of hydrogen-bond acceptors (Lipinski definition) is 4. The van der Waals surface area contributed by atoms with Gasteiger partial charge in [0.15, 0.2) is 11.6 Å². The lowest BCUT2D eigenvalue weighted by Gasteiger charge is -2.07. The Balaban J connectivity index is 2.34. The van der Waals surface area contributed by atoms with E-state index in [0.29, 0.717) is 10.2 Å². The topological polar surface area (TPSA) is 61.0 Å². The molecule has 0 fully saturated rings. The summed E-state index contributed by atoms with van der Waals surface area (Å²) in [7, 11) is 0. The third-order valence-corrected chi connectivity index (χ3v) is 2.46. The summed E-state index contributed by atoms with van der Waals surface area (Å²) < 4.78 is 19.4. The van der Waals surface area contributed by atoms with E-state index >= 15 is 0 Å². The molecule has 1 aromatic heterocycles. The van der Waals surface area contributed by atoms with Crippen molar-refractivity contribution in [1.29, 1.82) is 0 Å². The highest BCUT2D eigenvalue weighted by Crippen LogP contribution is 2.25. The van der Waals surface area contributed by atoms with Crippen LogP contribution < -0.4 is 10.5 Å². The van der Waals surface area contributed by atoms with Gasteiger partial charge in [-0.05, 0) is 34.5 Å². The molecule has 2 rings (SSSR count). The summed E-state index contributed by atoms with van der Waals surface area (Å²) in [5.74, 6) is -0.118. The first-order chi connectivity index (χ1) is 8.06. The Morgan fingerprint density at radius 1 is 1.35 bits per heavy atom. The van der Waals surface area contributed by atoms with E-state index in [1.807, 2.05) is 0 Å². The monoisotopic (exact) mass is 297 g/mol. The zero-order valence-electron chi connectivity index (χ0n) is 8.95. The molecule has 1 heterocycles. The molecule has 0 saturated carbocycles. The molecule has 2 aromatic rings. The maximum atomic E-state index is 13.7. The van der Waals surface area contributed by atoms with Gasteiger partial charge in [-0.3, -0.25) is 0 Å².